The molecule has 1 aliphatic rings. The summed E-state index contributed by atoms with van der Waals surface area (Å²) in [6.45, 7) is 9.82. The van der Waals surface area contributed by atoms with Gasteiger partial charge in [-0.15, -0.1) is 0 Å². The molecule has 0 radical (unpaired) electrons. The van der Waals surface area contributed by atoms with E-state index < -0.39 is 0 Å². The molecule has 1 heterocycles. The van der Waals surface area contributed by atoms with Crippen molar-refractivity contribution < 1.29 is 0 Å². The van der Waals surface area contributed by atoms with Crippen LogP contribution < -0.4 is 5.32 Å². The molecule has 1 aliphatic heterocycles. The average molecular weight is 258 g/mol. The minimum absolute atomic E-state index is 0.930. The molecule has 0 spiro atoms. The number of likely N-dealkylation sites (N-methyl/N-ethyl adjacent to an activating group) is 1. The molecule has 0 aromatic rings. The van der Waals surface area contributed by atoms with Crippen LogP contribution in [0.25, 0.3) is 0 Å². The van der Waals surface area contributed by atoms with Crippen LogP contribution in [0.15, 0.2) is 0 Å². The van der Waals surface area contributed by atoms with Crippen LogP contribution in [0.5, 0.6) is 0 Å². The van der Waals surface area contributed by atoms with Gasteiger partial charge in [-0.2, -0.15) is 0 Å². The molecule has 0 aromatic carbocycles. The SMILES string of the molecule is CCCNC(=S)N1CCN(CCN(C)C)CC1. The number of piperazine rings is 1. The van der Waals surface area contributed by atoms with Crippen molar-refractivity contribution in [3.63, 3.8) is 0 Å². The van der Waals surface area contributed by atoms with Gasteiger partial charge in [-0.05, 0) is 32.7 Å². The number of thiocarbonyl (C=S) groups is 1. The lowest BCUT2D eigenvalue weighted by molar-refractivity contribution is 0.168. The van der Waals surface area contributed by atoms with Crippen molar-refractivity contribution in [2.75, 3.05) is 59.9 Å². The molecule has 1 saturated heterocycles. The second-order valence-corrected chi connectivity index (χ2v) is 5.25. The van der Waals surface area contributed by atoms with Crippen molar-refractivity contribution >= 4 is 17.3 Å². The van der Waals surface area contributed by atoms with E-state index in [1.807, 2.05) is 0 Å². The van der Waals surface area contributed by atoms with Gasteiger partial charge in [-0.3, -0.25) is 4.90 Å². The van der Waals surface area contributed by atoms with E-state index in [0.29, 0.717) is 0 Å². The third-order valence-electron chi connectivity index (χ3n) is 3.05. The summed E-state index contributed by atoms with van der Waals surface area (Å²) in [5.74, 6) is 0. The molecule has 0 saturated carbocycles. The van der Waals surface area contributed by atoms with Crippen molar-refractivity contribution in [1.29, 1.82) is 0 Å². The summed E-state index contributed by atoms with van der Waals surface area (Å²) >= 11 is 5.37. The Hall–Kier alpha value is -0.390. The third-order valence-corrected chi connectivity index (χ3v) is 3.45. The summed E-state index contributed by atoms with van der Waals surface area (Å²) in [5, 5.41) is 4.23. The molecular formula is C12H26N4S. The fourth-order valence-corrected chi connectivity index (χ4v) is 2.14. The Bertz CT molecular complexity index is 225. The highest BCUT2D eigenvalue weighted by Crippen LogP contribution is 2.02. The molecule has 1 rings (SSSR count). The summed E-state index contributed by atoms with van der Waals surface area (Å²) in [7, 11) is 4.25. The molecule has 17 heavy (non-hydrogen) atoms. The lowest BCUT2D eigenvalue weighted by atomic mass is 10.3. The summed E-state index contributed by atoms with van der Waals surface area (Å²) < 4.78 is 0. The Morgan fingerprint density at radius 2 is 1.88 bits per heavy atom. The van der Waals surface area contributed by atoms with Gasteiger partial charge in [0.25, 0.3) is 0 Å². The van der Waals surface area contributed by atoms with Crippen LogP contribution in [0.3, 0.4) is 0 Å². The smallest absolute Gasteiger partial charge is 0.169 e. The topological polar surface area (TPSA) is 21.8 Å². The lowest BCUT2D eigenvalue weighted by Gasteiger charge is -2.36. The standard InChI is InChI=1S/C12H26N4S/c1-4-5-13-12(17)16-10-8-15(9-11-16)7-6-14(2)3/h4-11H2,1-3H3,(H,13,17). The third kappa shape index (κ3) is 5.66. The van der Waals surface area contributed by atoms with Crippen LogP contribution in [0.1, 0.15) is 13.3 Å². The number of hydrogen-bond donors (Lipinski definition) is 1. The van der Waals surface area contributed by atoms with Gasteiger partial charge in [-0.25, -0.2) is 0 Å². The first-order chi connectivity index (χ1) is 8.13. The zero-order valence-corrected chi connectivity index (χ0v) is 12.2. The Kier molecular flexibility index (Phi) is 6.77. The zero-order valence-electron chi connectivity index (χ0n) is 11.4. The molecule has 5 heteroatoms. The number of nitrogens with one attached hydrogen (secondary N) is 1. The van der Waals surface area contributed by atoms with Gasteiger partial charge in [0.15, 0.2) is 5.11 Å². The minimum Gasteiger partial charge on any atom is -0.363 e. The van der Waals surface area contributed by atoms with Crippen LogP contribution in [0, 0.1) is 0 Å². The number of nitrogens with zero attached hydrogens (tertiary/aromatic N) is 3. The van der Waals surface area contributed by atoms with Crippen molar-refractivity contribution in [3.05, 3.63) is 0 Å². The van der Waals surface area contributed by atoms with Gasteiger partial charge in [0, 0.05) is 45.8 Å². The van der Waals surface area contributed by atoms with E-state index >= 15 is 0 Å². The molecule has 0 aromatic heterocycles. The second-order valence-electron chi connectivity index (χ2n) is 4.86. The van der Waals surface area contributed by atoms with E-state index in [-0.39, 0.29) is 0 Å². The van der Waals surface area contributed by atoms with Gasteiger partial charge in [0.05, 0.1) is 0 Å². The van der Waals surface area contributed by atoms with Crippen LogP contribution in [0.2, 0.25) is 0 Å². The first kappa shape index (κ1) is 14.7. The van der Waals surface area contributed by atoms with Gasteiger partial charge < -0.3 is 15.1 Å². The Labute approximate surface area is 111 Å². The fourth-order valence-electron chi connectivity index (χ4n) is 1.86. The van der Waals surface area contributed by atoms with E-state index in [1.165, 1.54) is 0 Å². The molecule has 1 N–H and O–H groups in total. The minimum atomic E-state index is 0.930. The summed E-state index contributed by atoms with van der Waals surface area (Å²) in [4.78, 5) is 7.04. The monoisotopic (exact) mass is 258 g/mol. The van der Waals surface area contributed by atoms with Crippen molar-refractivity contribution in [3.8, 4) is 0 Å². The maximum absolute atomic E-state index is 5.37. The lowest BCUT2D eigenvalue weighted by Crippen LogP contribution is -2.52. The average Bonchev–Trinajstić information content (AvgIpc) is 2.34. The van der Waals surface area contributed by atoms with Crippen molar-refractivity contribution in [1.82, 2.24) is 20.0 Å². The van der Waals surface area contributed by atoms with E-state index in [2.05, 4.69) is 41.0 Å². The largest absolute Gasteiger partial charge is 0.363 e. The highest BCUT2D eigenvalue weighted by Gasteiger charge is 2.18. The van der Waals surface area contributed by atoms with Gasteiger partial charge in [0.2, 0.25) is 0 Å². The Morgan fingerprint density at radius 1 is 1.24 bits per heavy atom. The van der Waals surface area contributed by atoms with Crippen molar-refractivity contribution in [2.45, 2.75) is 13.3 Å². The van der Waals surface area contributed by atoms with Crippen LogP contribution in [-0.2, 0) is 0 Å². The summed E-state index contributed by atoms with van der Waals surface area (Å²) in [5.41, 5.74) is 0. The second kappa shape index (κ2) is 7.84. The van der Waals surface area contributed by atoms with E-state index in [9.17, 15) is 0 Å². The molecule has 0 unspecified atom stereocenters. The first-order valence-electron chi connectivity index (χ1n) is 6.53. The molecule has 0 amide bonds. The Morgan fingerprint density at radius 3 is 2.41 bits per heavy atom. The zero-order chi connectivity index (χ0) is 12.7. The van der Waals surface area contributed by atoms with E-state index in [4.69, 9.17) is 12.2 Å². The highest BCUT2D eigenvalue weighted by molar-refractivity contribution is 7.80. The van der Waals surface area contributed by atoms with Gasteiger partial charge in [-0.1, -0.05) is 6.92 Å². The molecule has 0 aliphatic carbocycles. The van der Waals surface area contributed by atoms with Gasteiger partial charge in [0.1, 0.15) is 0 Å². The summed E-state index contributed by atoms with van der Waals surface area (Å²) in [6.07, 6.45) is 1.13. The number of rotatable bonds is 5. The summed E-state index contributed by atoms with van der Waals surface area (Å²) in [6, 6.07) is 0. The van der Waals surface area contributed by atoms with Crippen LogP contribution in [-0.4, -0.2) is 79.7 Å². The molecule has 0 bridgehead atoms. The quantitative estimate of drug-likeness (QED) is 0.721. The molecular weight excluding hydrogens is 232 g/mol. The van der Waals surface area contributed by atoms with E-state index in [0.717, 1.165) is 57.3 Å². The van der Waals surface area contributed by atoms with Crippen molar-refractivity contribution in [2.24, 2.45) is 0 Å². The van der Waals surface area contributed by atoms with Gasteiger partial charge >= 0.3 is 0 Å². The fraction of sp³-hybridized carbons (Fsp3) is 0.917. The van der Waals surface area contributed by atoms with Crippen LogP contribution in [0.4, 0.5) is 0 Å². The predicted octanol–water partition coefficient (Wildman–Crippen LogP) is 0.450. The normalized spacial score (nSPS) is 17.5. The molecule has 0 atom stereocenters. The molecule has 4 nitrogen and oxygen atoms in total. The van der Waals surface area contributed by atoms with E-state index in [1.54, 1.807) is 0 Å². The number of hydrogen-bond acceptors (Lipinski definition) is 3. The molecule has 1 fully saturated rings. The first-order valence-corrected chi connectivity index (χ1v) is 6.94. The molecule has 100 valence electrons. The predicted molar refractivity (Wildman–Crippen MR) is 77.5 cm³/mol. The Balaban J connectivity index is 2.18. The maximum atomic E-state index is 5.37. The van der Waals surface area contributed by atoms with Crippen LogP contribution >= 0.6 is 12.2 Å². The highest BCUT2D eigenvalue weighted by atomic mass is 32.1. The maximum Gasteiger partial charge on any atom is 0.169 e.